The fraction of sp³-hybridized carbons (Fsp3) is 0.231. The molecule has 1 aromatic carbocycles. The van der Waals surface area contributed by atoms with Gasteiger partial charge in [-0.2, -0.15) is 0 Å². The molecule has 0 aliphatic carbocycles. The molecule has 0 radical (unpaired) electrons. The number of thiophene rings is 1. The predicted molar refractivity (Wildman–Crippen MR) is 65.5 cm³/mol. The second-order valence-electron chi connectivity index (χ2n) is 3.67. The van der Waals surface area contributed by atoms with E-state index in [0.29, 0.717) is 5.75 Å². The monoisotopic (exact) mass is 218 g/mol. The molecule has 0 saturated heterocycles. The van der Waals surface area contributed by atoms with Crippen molar-refractivity contribution in [3.8, 4) is 16.2 Å². The molecular formula is C13H14OS. The van der Waals surface area contributed by atoms with Gasteiger partial charge < -0.3 is 5.11 Å². The Labute approximate surface area is 94.0 Å². The molecule has 1 heterocycles. The van der Waals surface area contributed by atoms with Crippen LogP contribution in [0.4, 0.5) is 0 Å². The summed E-state index contributed by atoms with van der Waals surface area (Å²) in [6, 6.07) is 8.03. The van der Waals surface area contributed by atoms with Crippen molar-refractivity contribution >= 4 is 11.3 Å². The van der Waals surface area contributed by atoms with Gasteiger partial charge in [0.2, 0.25) is 0 Å². The predicted octanol–water partition coefficient (Wildman–Crippen LogP) is 3.99. The van der Waals surface area contributed by atoms with E-state index in [0.717, 1.165) is 17.5 Å². The van der Waals surface area contributed by atoms with E-state index in [4.69, 9.17) is 0 Å². The van der Waals surface area contributed by atoms with Gasteiger partial charge in [-0.05, 0) is 47.5 Å². The molecular weight excluding hydrogens is 204 g/mol. The molecule has 2 heteroatoms. The molecule has 15 heavy (non-hydrogen) atoms. The highest BCUT2D eigenvalue weighted by Crippen LogP contribution is 2.30. The number of phenols is 1. The lowest BCUT2D eigenvalue weighted by Gasteiger charge is -2.01. The first-order valence-corrected chi connectivity index (χ1v) is 5.96. The Kier molecular flexibility index (Phi) is 2.78. The van der Waals surface area contributed by atoms with Crippen LogP contribution in [0.5, 0.6) is 5.75 Å². The van der Waals surface area contributed by atoms with E-state index in [1.54, 1.807) is 11.3 Å². The summed E-state index contributed by atoms with van der Waals surface area (Å²) in [5, 5.41) is 11.8. The van der Waals surface area contributed by atoms with E-state index in [1.807, 2.05) is 19.1 Å². The van der Waals surface area contributed by atoms with Gasteiger partial charge in [-0.1, -0.05) is 19.1 Å². The average molecular weight is 218 g/mol. The summed E-state index contributed by atoms with van der Waals surface area (Å²) in [5.74, 6) is 0.374. The Morgan fingerprint density at radius 1 is 1.27 bits per heavy atom. The van der Waals surface area contributed by atoms with Crippen LogP contribution in [-0.4, -0.2) is 5.11 Å². The van der Waals surface area contributed by atoms with Crippen LogP contribution in [0.2, 0.25) is 0 Å². The van der Waals surface area contributed by atoms with Crippen molar-refractivity contribution in [1.29, 1.82) is 0 Å². The summed E-state index contributed by atoms with van der Waals surface area (Å²) in [4.78, 5) is 1.22. The van der Waals surface area contributed by atoms with E-state index in [9.17, 15) is 5.11 Å². The fourth-order valence-corrected chi connectivity index (χ4v) is 2.47. The van der Waals surface area contributed by atoms with Gasteiger partial charge in [0, 0.05) is 4.88 Å². The van der Waals surface area contributed by atoms with Gasteiger partial charge in [0.05, 0.1) is 0 Å². The molecule has 0 bridgehead atoms. The first kappa shape index (κ1) is 10.2. The number of benzene rings is 1. The first-order chi connectivity index (χ1) is 7.20. The zero-order valence-electron chi connectivity index (χ0n) is 8.95. The molecule has 0 saturated carbocycles. The Hall–Kier alpha value is -1.28. The number of rotatable bonds is 2. The van der Waals surface area contributed by atoms with Crippen LogP contribution in [-0.2, 0) is 6.42 Å². The molecule has 1 nitrogen and oxygen atoms in total. The van der Waals surface area contributed by atoms with Crippen molar-refractivity contribution in [2.75, 3.05) is 0 Å². The molecule has 2 rings (SSSR count). The van der Waals surface area contributed by atoms with Crippen LogP contribution in [0, 0.1) is 6.92 Å². The molecule has 0 fully saturated rings. The Morgan fingerprint density at radius 3 is 2.67 bits per heavy atom. The van der Waals surface area contributed by atoms with Gasteiger partial charge in [0.1, 0.15) is 5.75 Å². The Morgan fingerprint density at radius 2 is 2.07 bits per heavy atom. The number of phenolic OH excluding ortho intramolecular Hbond substituents is 1. The van der Waals surface area contributed by atoms with Gasteiger partial charge in [-0.15, -0.1) is 11.3 Å². The van der Waals surface area contributed by atoms with Crippen LogP contribution >= 0.6 is 11.3 Å². The number of aryl methyl sites for hydroxylation is 2. The summed E-state index contributed by atoms with van der Waals surface area (Å²) in [6.45, 7) is 4.06. The third-order valence-electron chi connectivity index (χ3n) is 2.56. The van der Waals surface area contributed by atoms with Crippen LogP contribution in [0.1, 0.15) is 18.1 Å². The number of aromatic hydroxyl groups is 1. The number of hydrogen-bond donors (Lipinski definition) is 1. The molecule has 2 aromatic rings. The van der Waals surface area contributed by atoms with E-state index >= 15 is 0 Å². The molecule has 0 aliphatic heterocycles. The normalized spacial score (nSPS) is 10.5. The Balaban J connectivity index is 2.40. The zero-order valence-corrected chi connectivity index (χ0v) is 9.77. The first-order valence-electron chi connectivity index (χ1n) is 5.08. The highest BCUT2D eigenvalue weighted by atomic mass is 32.1. The van der Waals surface area contributed by atoms with Crippen LogP contribution in [0.15, 0.2) is 29.6 Å². The summed E-state index contributed by atoms with van der Waals surface area (Å²) in [6.07, 6.45) is 1.06. The lowest BCUT2D eigenvalue weighted by atomic mass is 10.1. The van der Waals surface area contributed by atoms with Gasteiger partial charge in [0.25, 0.3) is 0 Å². The molecule has 1 N–H and O–H groups in total. The summed E-state index contributed by atoms with van der Waals surface area (Å²) >= 11 is 1.73. The fourth-order valence-electron chi connectivity index (χ4n) is 1.48. The minimum Gasteiger partial charge on any atom is -0.508 e. The summed E-state index contributed by atoms with van der Waals surface area (Å²) in [7, 11) is 0. The van der Waals surface area contributed by atoms with Crippen molar-refractivity contribution in [2.45, 2.75) is 20.3 Å². The smallest absolute Gasteiger partial charge is 0.119 e. The maximum absolute atomic E-state index is 9.63. The molecule has 0 amide bonds. The Bertz CT molecular complexity index is 471. The SMILES string of the molecule is CCc1csc(-c2ccc(C)c(O)c2)c1. The molecule has 78 valence electrons. The average Bonchev–Trinajstić information content (AvgIpc) is 2.70. The summed E-state index contributed by atoms with van der Waals surface area (Å²) in [5.41, 5.74) is 3.38. The second kappa shape index (κ2) is 4.07. The van der Waals surface area contributed by atoms with Crippen LogP contribution in [0.3, 0.4) is 0 Å². The minimum absolute atomic E-state index is 0.374. The lowest BCUT2D eigenvalue weighted by molar-refractivity contribution is 0.471. The van der Waals surface area contributed by atoms with Crippen molar-refractivity contribution in [2.24, 2.45) is 0 Å². The largest absolute Gasteiger partial charge is 0.508 e. The van der Waals surface area contributed by atoms with Gasteiger partial charge >= 0.3 is 0 Å². The maximum atomic E-state index is 9.63. The van der Waals surface area contributed by atoms with Crippen molar-refractivity contribution in [3.05, 3.63) is 40.8 Å². The quantitative estimate of drug-likeness (QED) is 0.808. The maximum Gasteiger partial charge on any atom is 0.119 e. The highest BCUT2D eigenvalue weighted by molar-refractivity contribution is 7.13. The van der Waals surface area contributed by atoms with E-state index < -0.39 is 0 Å². The van der Waals surface area contributed by atoms with Gasteiger partial charge in [0.15, 0.2) is 0 Å². The molecule has 1 aromatic heterocycles. The van der Waals surface area contributed by atoms with E-state index in [1.165, 1.54) is 10.4 Å². The molecule has 0 aliphatic rings. The minimum atomic E-state index is 0.374. The van der Waals surface area contributed by atoms with Gasteiger partial charge in [-0.25, -0.2) is 0 Å². The third-order valence-corrected chi connectivity index (χ3v) is 3.58. The topological polar surface area (TPSA) is 20.2 Å². The lowest BCUT2D eigenvalue weighted by Crippen LogP contribution is -1.77. The van der Waals surface area contributed by atoms with Crippen molar-refractivity contribution in [1.82, 2.24) is 0 Å². The molecule has 0 spiro atoms. The zero-order chi connectivity index (χ0) is 10.8. The third kappa shape index (κ3) is 2.05. The number of hydrogen-bond acceptors (Lipinski definition) is 2. The second-order valence-corrected chi connectivity index (χ2v) is 4.59. The van der Waals surface area contributed by atoms with Crippen molar-refractivity contribution < 1.29 is 5.11 Å². The van der Waals surface area contributed by atoms with Crippen LogP contribution < -0.4 is 0 Å². The molecule has 0 atom stereocenters. The standard InChI is InChI=1S/C13H14OS/c1-3-10-6-13(15-8-10)11-5-4-9(2)12(14)7-11/h4-8,14H,3H2,1-2H3. The highest BCUT2D eigenvalue weighted by Gasteiger charge is 2.03. The molecule has 0 unspecified atom stereocenters. The van der Waals surface area contributed by atoms with E-state index in [2.05, 4.69) is 24.4 Å². The van der Waals surface area contributed by atoms with Crippen molar-refractivity contribution in [3.63, 3.8) is 0 Å². The van der Waals surface area contributed by atoms with Gasteiger partial charge in [-0.3, -0.25) is 0 Å². The van der Waals surface area contributed by atoms with E-state index in [-0.39, 0.29) is 0 Å². The van der Waals surface area contributed by atoms with Crippen LogP contribution in [0.25, 0.3) is 10.4 Å². The summed E-state index contributed by atoms with van der Waals surface area (Å²) < 4.78 is 0.